The summed E-state index contributed by atoms with van der Waals surface area (Å²) in [5.74, 6) is -2.30. The van der Waals surface area contributed by atoms with Crippen LogP contribution in [0, 0.1) is 0 Å². The predicted octanol–water partition coefficient (Wildman–Crippen LogP) is 14.7. The molecule has 0 aromatic rings. The molecule has 9 nitrogen and oxygen atoms in total. The maximum atomic E-state index is 12.9. The highest BCUT2D eigenvalue weighted by Crippen LogP contribution is 2.16. The van der Waals surface area contributed by atoms with E-state index in [-0.39, 0.29) is 38.6 Å². The Hall–Kier alpha value is -3.53. The summed E-state index contributed by atoms with van der Waals surface area (Å²) in [6.07, 6.45) is 63.4. The largest absolute Gasteiger partial charge is 0.545 e. The third-order valence-electron chi connectivity index (χ3n) is 11.6. The number of quaternary nitrogens is 1. The lowest BCUT2D eigenvalue weighted by Gasteiger charge is -2.26. The van der Waals surface area contributed by atoms with E-state index in [9.17, 15) is 19.5 Å². The van der Waals surface area contributed by atoms with Gasteiger partial charge in [-0.25, -0.2) is 0 Å². The molecule has 0 aliphatic carbocycles. The van der Waals surface area contributed by atoms with Crippen LogP contribution in [0.3, 0.4) is 0 Å². The van der Waals surface area contributed by atoms with Gasteiger partial charge in [-0.1, -0.05) is 208 Å². The molecule has 0 saturated heterocycles. The number of esters is 2. The Labute approximate surface area is 423 Å². The summed E-state index contributed by atoms with van der Waals surface area (Å²) in [5, 5.41) is 11.8. The van der Waals surface area contributed by atoms with Crippen LogP contribution in [-0.4, -0.2) is 82.3 Å². The van der Waals surface area contributed by atoms with Gasteiger partial charge in [0.15, 0.2) is 12.4 Å². The van der Waals surface area contributed by atoms with E-state index in [0.717, 1.165) is 96.3 Å². The number of hydrogen-bond donors (Lipinski definition) is 0. The van der Waals surface area contributed by atoms with E-state index in [0.29, 0.717) is 17.4 Å². The Morgan fingerprint density at radius 3 is 1.16 bits per heavy atom. The molecule has 0 radical (unpaired) electrons. The molecular weight excluding hydrogens is 863 g/mol. The zero-order valence-electron chi connectivity index (χ0n) is 44.9. The second-order valence-corrected chi connectivity index (χ2v) is 19.5. The number of allylic oxidation sites excluding steroid dienone is 14. The molecule has 396 valence electrons. The Kier molecular flexibility index (Phi) is 48.2. The molecule has 0 aliphatic heterocycles. The fourth-order valence-electron chi connectivity index (χ4n) is 7.42. The molecule has 2 atom stereocenters. The van der Waals surface area contributed by atoms with Crippen LogP contribution in [-0.2, 0) is 33.3 Å². The quantitative estimate of drug-likeness (QED) is 0.0195. The van der Waals surface area contributed by atoms with Gasteiger partial charge in [-0.2, -0.15) is 0 Å². The van der Waals surface area contributed by atoms with Crippen molar-refractivity contribution in [2.45, 2.75) is 232 Å². The highest BCUT2D eigenvalue weighted by atomic mass is 16.7. The van der Waals surface area contributed by atoms with Crippen molar-refractivity contribution in [3.8, 4) is 0 Å². The van der Waals surface area contributed by atoms with Crippen LogP contribution < -0.4 is 5.11 Å². The van der Waals surface area contributed by atoms with E-state index in [1.54, 1.807) is 0 Å². The molecule has 2 unspecified atom stereocenters. The number of unbranched alkanes of at least 4 members (excludes halogenated alkanes) is 21. The number of carbonyl (C=O) groups excluding carboxylic acids is 3. The van der Waals surface area contributed by atoms with Crippen molar-refractivity contribution in [3.05, 3.63) is 85.1 Å². The van der Waals surface area contributed by atoms with E-state index >= 15 is 0 Å². The van der Waals surface area contributed by atoms with Crippen LogP contribution in [0.1, 0.15) is 219 Å². The summed E-state index contributed by atoms with van der Waals surface area (Å²) < 4.78 is 22.7. The zero-order chi connectivity index (χ0) is 50.6. The number of nitrogens with zero attached hydrogens (tertiary/aromatic N) is 1. The van der Waals surface area contributed by atoms with Gasteiger partial charge in [0, 0.05) is 12.8 Å². The summed E-state index contributed by atoms with van der Waals surface area (Å²) in [5.41, 5.74) is 0. The molecule has 0 amide bonds. The van der Waals surface area contributed by atoms with Crippen molar-refractivity contribution in [3.63, 3.8) is 0 Å². The number of hydrogen-bond acceptors (Lipinski definition) is 8. The molecule has 0 aliphatic rings. The van der Waals surface area contributed by atoms with E-state index in [1.165, 1.54) is 89.9 Å². The number of ether oxygens (including phenoxy) is 4. The fourth-order valence-corrected chi connectivity index (χ4v) is 7.42. The molecule has 0 bridgehead atoms. The lowest BCUT2D eigenvalue weighted by atomic mass is 10.0. The molecule has 0 saturated carbocycles. The fraction of sp³-hybridized carbons (Fsp3) is 0.717. The first kappa shape index (κ1) is 65.5. The second kappa shape index (κ2) is 50.8. The van der Waals surface area contributed by atoms with Crippen molar-refractivity contribution < 1.29 is 42.9 Å². The lowest BCUT2D eigenvalue weighted by molar-refractivity contribution is -0.870. The van der Waals surface area contributed by atoms with Gasteiger partial charge in [-0.05, 0) is 83.5 Å². The zero-order valence-corrected chi connectivity index (χ0v) is 44.9. The van der Waals surface area contributed by atoms with Crippen LogP contribution in [0.15, 0.2) is 85.1 Å². The van der Waals surface area contributed by atoms with Gasteiger partial charge in [-0.15, -0.1) is 0 Å². The van der Waals surface area contributed by atoms with Crippen LogP contribution in [0.5, 0.6) is 0 Å². The minimum Gasteiger partial charge on any atom is -0.545 e. The molecule has 0 fully saturated rings. The standard InChI is InChI=1S/C60H103NO8/c1-6-8-10-12-14-16-18-20-22-24-25-26-27-28-29-30-31-32-33-35-37-39-41-43-45-47-49-51-58(63)69-56(55-68-60(59(64)65)66-53-52-61(3,4)5)54-67-57(62)50-48-46-44-42-40-38-36-34-23-21-19-17-15-13-11-9-7-2/h8-11,14-17,20-23,25-26,56,60H,6-7,12-13,18-19,24,27-55H2,1-5H3/b10-8-,11-9-,16-14-,17-15-,22-20-,23-21-,26-25-. The number of aliphatic carboxylic acids is 1. The van der Waals surface area contributed by atoms with Crippen molar-refractivity contribution in [2.24, 2.45) is 0 Å². The summed E-state index contributed by atoms with van der Waals surface area (Å²) >= 11 is 0. The predicted molar refractivity (Wildman–Crippen MR) is 288 cm³/mol. The Balaban J connectivity index is 4.25. The summed E-state index contributed by atoms with van der Waals surface area (Å²) in [6.45, 7) is 4.51. The second-order valence-electron chi connectivity index (χ2n) is 19.5. The number of carboxylic acids is 1. The molecule has 0 spiro atoms. The molecule has 0 N–H and O–H groups in total. The first-order valence-electron chi connectivity index (χ1n) is 27.7. The SMILES string of the molecule is CC/C=C\C/C=C\C/C=C\C/C=C\CCCCCCCCCCCCCCCCC(=O)OC(COC(=O)CCCCCCCCC/C=C\C/C=C\C/C=C\CC)COC(OCC[N+](C)(C)C)C(=O)[O-]. The summed E-state index contributed by atoms with van der Waals surface area (Å²) in [7, 11) is 5.91. The Morgan fingerprint density at radius 1 is 0.435 bits per heavy atom. The van der Waals surface area contributed by atoms with Gasteiger partial charge in [0.1, 0.15) is 13.2 Å². The van der Waals surface area contributed by atoms with Gasteiger partial charge in [0.2, 0.25) is 0 Å². The van der Waals surface area contributed by atoms with Crippen molar-refractivity contribution >= 4 is 17.9 Å². The van der Waals surface area contributed by atoms with Crippen molar-refractivity contribution in [1.82, 2.24) is 0 Å². The summed E-state index contributed by atoms with van der Waals surface area (Å²) in [4.78, 5) is 37.2. The highest BCUT2D eigenvalue weighted by Gasteiger charge is 2.22. The number of likely N-dealkylation sites (N-methyl/N-ethyl adjacent to an activating group) is 1. The number of rotatable bonds is 50. The summed E-state index contributed by atoms with van der Waals surface area (Å²) in [6, 6.07) is 0. The molecule has 9 heteroatoms. The Morgan fingerprint density at radius 2 is 0.783 bits per heavy atom. The van der Waals surface area contributed by atoms with Crippen molar-refractivity contribution in [2.75, 3.05) is 47.5 Å². The third kappa shape index (κ3) is 52.1. The lowest BCUT2D eigenvalue weighted by Crippen LogP contribution is -2.44. The third-order valence-corrected chi connectivity index (χ3v) is 11.6. The molecule has 69 heavy (non-hydrogen) atoms. The van der Waals surface area contributed by atoms with E-state index in [4.69, 9.17) is 18.9 Å². The van der Waals surface area contributed by atoms with Gasteiger partial charge in [0.05, 0.1) is 40.3 Å². The van der Waals surface area contributed by atoms with Gasteiger partial charge < -0.3 is 33.3 Å². The van der Waals surface area contributed by atoms with Crippen molar-refractivity contribution in [1.29, 1.82) is 0 Å². The average molecular weight is 966 g/mol. The molecule has 0 aromatic heterocycles. The topological polar surface area (TPSA) is 111 Å². The minimum absolute atomic E-state index is 0.143. The van der Waals surface area contributed by atoms with E-state index in [1.807, 2.05) is 21.1 Å². The van der Waals surface area contributed by atoms with Crippen LogP contribution in [0.4, 0.5) is 0 Å². The average Bonchev–Trinajstić information content (AvgIpc) is 3.31. The first-order valence-corrected chi connectivity index (χ1v) is 27.7. The van der Waals surface area contributed by atoms with Gasteiger partial charge in [-0.3, -0.25) is 9.59 Å². The van der Waals surface area contributed by atoms with Gasteiger partial charge >= 0.3 is 11.9 Å². The van der Waals surface area contributed by atoms with Crippen LogP contribution in [0.25, 0.3) is 0 Å². The maximum absolute atomic E-state index is 12.9. The normalized spacial score (nSPS) is 13.5. The minimum atomic E-state index is -1.63. The molecule has 0 heterocycles. The molecule has 0 aromatic carbocycles. The van der Waals surface area contributed by atoms with Crippen LogP contribution >= 0.6 is 0 Å². The smallest absolute Gasteiger partial charge is 0.306 e. The first-order chi connectivity index (χ1) is 33.6. The Bertz CT molecular complexity index is 1400. The monoisotopic (exact) mass is 966 g/mol. The van der Waals surface area contributed by atoms with Gasteiger partial charge in [0.25, 0.3) is 0 Å². The highest BCUT2D eigenvalue weighted by molar-refractivity contribution is 5.70. The number of carboxylic acid groups (broad SMARTS) is 1. The van der Waals surface area contributed by atoms with Crippen LogP contribution in [0.2, 0.25) is 0 Å². The van der Waals surface area contributed by atoms with E-state index in [2.05, 4.69) is 98.9 Å². The number of carbonyl (C=O) groups is 3. The molecule has 0 rings (SSSR count). The maximum Gasteiger partial charge on any atom is 0.306 e. The van der Waals surface area contributed by atoms with E-state index < -0.39 is 24.3 Å². The molecular formula is C60H103NO8.